The van der Waals surface area contributed by atoms with E-state index in [9.17, 15) is 10.2 Å². The number of hydrogen-bond acceptors (Lipinski definition) is 5. The monoisotopic (exact) mass is 248 g/mol. The second-order valence-electron chi connectivity index (χ2n) is 5.27. The minimum absolute atomic E-state index is 0.0163. The highest BCUT2D eigenvalue weighted by Crippen LogP contribution is 2.28. The first-order valence-corrected chi connectivity index (χ1v) is 5.98. The number of aliphatic hydroxyl groups is 2. The molecule has 2 N–H and O–H groups in total. The summed E-state index contributed by atoms with van der Waals surface area (Å²) in [6.45, 7) is 7.65. The molecule has 0 aromatic heterocycles. The Labute approximate surface area is 103 Å². The molecule has 0 amide bonds. The van der Waals surface area contributed by atoms with Gasteiger partial charge in [0, 0.05) is 7.11 Å². The van der Waals surface area contributed by atoms with Crippen molar-refractivity contribution in [2.75, 3.05) is 13.7 Å². The Balaban J connectivity index is 2.68. The summed E-state index contributed by atoms with van der Waals surface area (Å²) in [5.74, 6) is 0. The third kappa shape index (κ3) is 3.39. The van der Waals surface area contributed by atoms with Crippen LogP contribution in [0.2, 0.25) is 0 Å². The van der Waals surface area contributed by atoms with E-state index < -0.39 is 30.0 Å². The quantitative estimate of drug-likeness (QED) is 0.750. The van der Waals surface area contributed by atoms with Crippen LogP contribution in [-0.4, -0.2) is 60.1 Å². The summed E-state index contributed by atoms with van der Waals surface area (Å²) in [7, 11) is 1.55. The highest BCUT2D eigenvalue weighted by atomic mass is 16.6. The maximum atomic E-state index is 10.1. The number of methoxy groups -OCH3 is 1. The lowest BCUT2D eigenvalue weighted by Gasteiger charge is -2.44. The minimum atomic E-state index is -1.01. The average molecular weight is 248 g/mol. The van der Waals surface area contributed by atoms with E-state index in [4.69, 9.17) is 14.2 Å². The van der Waals surface area contributed by atoms with Crippen LogP contribution in [0.3, 0.4) is 0 Å². The molecule has 1 saturated heterocycles. The molecule has 0 aliphatic carbocycles. The van der Waals surface area contributed by atoms with Gasteiger partial charge in [0.25, 0.3) is 0 Å². The molecule has 5 heteroatoms. The zero-order valence-corrected chi connectivity index (χ0v) is 11.2. The van der Waals surface area contributed by atoms with E-state index in [1.54, 1.807) is 7.11 Å². The summed E-state index contributed by atoms with van der Waals surface area (Å²) < 4.78 is 16.3. The van der Waals surface area contributed by atoms with Gasteiger partial charge >= 0.3 is 0 Å². The van der Waals surface area contributed by atoms with Gasteiger partial charge in [0.15, 0.2) is 0 Å². The van der Waals surface area contributed by atoms with Crippen molar-refractivity contribution < 1.29 is 24.4 Å². The van der Waals surface area contributed by atoms with Crippen molar-refractivity contribution in [2.45, 2.75) is 63.8 Å². The molecule has 4 atom stereocenters. The summed E-state index contributed by atoms with van der Waals surface area (Å²) in [6, 6.07) is 0. The number of rotatable bonds is 4. The van der Waals surface area contributed by atoms with Gasteiger partial charge in [-0.2, -0.15) is 0 Å². The van der Waals surface area contributed by atoms with Crippen molar-refractivity contribution in [1.29, 1.82) is 0 Å². The first-order valence-electron chi connectivity index (χ1n) is 5.98. The Kier molecular flexibility index (Phi) is 4.92. The summed E-state index contributed by atoms with van der Waals surface area (Å²) in [5.41, 5.74) is -0.650. The lowest BCUT2D eigenvalue weighted by atomic mass is 9.89. The normalized spacial score (nSPS) is 35.3. The highest BCUT2D eigenvalue weighted by molar-refractivity contribution is 4.95. The molecule has 0 aromatic carbocycles. The topological polar surface area (TPSA) is 68.2 Å². The van der Waals surface area contributed by atoms with Crippen LogP contribution < -0.4 is 0 Å². The zero-order valence-electron chi connectivity index (χ0n) is 11.2. The summed E-state index contributed by atoms with van der Waals surface area (Å²) in [5, 5.41) is 20.1. The van der Waals surface area contributed by atoms with E-state index in [1.165, 1.54) is 0 Å². The molecule has 1 fully saturated rings. The molecule has 1 unspecified atom stereocenters. The molecular formula is C12H24O5. The molecular weight excluding hydrogens is 224 g/mol. The average Bonchev–Trinajstić information content (AvgIpc) is 2.24. The Morgan fingerprint density at radius 3 is 2.29 bits per heavy atom. The van der Waals surface area contributed by atoms with Crippen LogP contribution in [0, 0.1) is 0 Å². The molecule has 5 nitrogen and oxygen atoms in total. The maximum Gasteiger partial charge on any atom is 0.114 e. The predicted octanol–water partition coefficient (Wildman–Crippen LogP) is 0.326. The van der Waals surface area contributed by atoms with E-state index in [0.717, 1.165) is 0 Å². The molecule has 1 aliphatic heterocycles. The fourth-order valence-electron chi connectivity index (χ4n) is 1.99. The second kappa shape index (κ2) is 5.63. The molecule has 102 valence electrons. The first kappa shape index (κ1) is 14.9. The molecule has 0 saturated carbocycles. The predicted molar refractivity (Wildman–Crippen MR) is 62.9 cm³/mol. The highest BCUT2D eigenvalue weighted by Gasteiger charge is 2.46. The van der Waals surface area contributed by atoms with Gasteiger partial charge in [0.2, 0.25) is 0 Å². The van der Waals surface area contributed by atoms with Gasteiger partial charge in [-0.1, -0.05) is 0 Å². The fourth-order valence-corrected chi connectivity index (χ4v) is 1.99. The van der Waals surface area contributed by atoms with E-state index >= 15 is 0 Å². The third-order valence-corrected chi connectivity index (χ3v) is 3.14. The molecule has 0 spiro atoms. The SMILES string of the molecule is COC(C)(C)C1OC[C@@H](OC(C)C)[C@H](O)[C@@H]1O. The molecule has 17 heavy (non-hydrogen) atoms. The maximum absolute atomic E-state index is 10.1. The van der Waals surface area contributed by atoms with E-state index in [2.05, 4.69) is 0 Å². The Morgan fingerprint density at radius 2 is 1.82 bits per heavy atom. The van der Waals surface area contributed by atoms with Crippen molar-refractivity contribution in [2.24, 2.45) is 0 Å². The zero-order chi connectivity index (χ0) is 13.2. The summed E-state index contributed by atoms with van der Waals surface area (Å²) in [4.78, 5) is 0. The van der Waals surface area contributed by atoms with Crippen molar-refractivity contribution >= 4 is 0 Å². The van der Waals surface area contributed by atoms with Crippen LogP contribution in [-0.2, 0) is 14.2 Å². The van der Waals surface area contributed by atoms with Gasteiger partial charge < -0.3 is 24.4 Å². The van der Waals surface area contributed by atoms with Crippen LogP contribution in [0.25, 0.3) is 0 Å². The standard InChI is InChI=1S/C12H24O5/c1-7(2)17-8-6-16-11(10(14)9(8)13)12(3,4)15-5/h7-11,13-14H,6H2,1-5H3/t8-,9+,10+,11?/m1/s1. The van der Waals surface area contributed by atoms with Gasteiger partial charge in [-0.25, -0.2) is 0 Å². The fraction of sp³-hybridized carbons (Fsp3) is 1.00. The van der Waals surface area contributed by atoms with Gasteiger partial charge in [0.05, 0.1) is 18.3 Å². The van der Waals surface area contributed by atoms with E-state index in [0.29, 0.717) is 0 Å². The van der Waals surface area contributed by atoms with Gasteiger partial charge in [0.1, 0.15) is 24.4 Å². The molecule has 0 aromatic rings. The van der Waals surface area contributed by atoms with Crippen LogP contribution in [0.15, 0.2) is 0 Å². The number of aliphatic hydroxyl groups excluding tert-OH is 2. The summed E-state index contributed by atoms with van der Waals surface area (Å²) in [6.07, 6.45) is -3.03. The molecule has 1 rings (SSSR count). The second-order valence-corrected chi connectivity index (χ2v) is 5.27. The molecule has 1 heterocycles. The van der Waals surface area contributed by atoms with Crippen molar-refractivity contribution in [3.05, 3.63) is 0 Å². The summed E-state index contributed by atoms with van der Waals surface area (Å²) >= 11 is 0. The smallest absolute Gasteiger partial charge is 0.114 e. The van der Waals surface area contributed by atoms with Crippen LogP contribution in [0.5, 0.6) is 0 Å². The van der Waals surface area contributed by atoms with Crippen LogP contribution >= 0.6 is 0 Å². The van der Waals surface area contributed by atoms with Crippen LogP contribution in [0.4, 0.5) is 0 Å². The van der Waals surface area contributed by atoms with Crippen molar-refractivity contribution in [3.8, 4) is 0 Å². The van der Waals surface area contributed by atoms with Crippen molar-refractivity contribution in [3.63, 3.8) is 0 Å². The van der Waals surface area contributed by atoms with E-state index in [1.807, 2.05) is 27.7 Å². The first-order chi connectivity index (χ1) is 7.79. The lowest BCUT2D eigenvalue weighted by molar-refractivity contribution is -0.248. The lowest BCUT2D eigenvalue weighted by Crippen LogP contribution is -2.61. The van der Waals surface area contributed by atoms with E-state index in [-0.39, 0.29) is 12.7 Å². The number of ether oxygens (including phenoxy) is 3. The van der Waals surface area contributed by atoms with Gasteiger partial charge in [-0.05, 0) is 27.7 Å². The van der Waals surface area contributed by atoms with Gasteiger partial charge in [-0.15, -0.1) is 0 Å². The Bertz CT molecular complexity index is 241. The molecule has 0 bridgehead atoms. The number of hydrogen-bond donors (Lipinski definition) is 2. The Morgan fingerprint density at radius 1 is 1.24 bits per heavy atom. The third-order valence-electron chi connectivity index (χ3n) is 3.14. The molecule has 1 aliphatic rings. The van der Waals surface area contributed by atoms with Crippen LogP contribution in [0.1, 0.15) is 27.7 Å². The van der Waals surface area contributed by atoms with Gasteiger partial charge in [-0.3, -0.25) is 0 Å². The van der Waals surface area contributed by atoms with Crippen molar-refractivity contribution in [1.82, 2.24) is 0 Å². The molecule has 0 radical (unpaired) electrons. The largest absolute Gasteiger partial charge is 0.388 e. The Hall–Kier alpha value is -0.200. The minimum Gasteiger partial charge on any atom is -0.388 e.